The van der Waals surface area contributed by atoms with Gasteiger partial charge in [-0.15, -0.1) is 0 Å². The molecule has 3 aromatic rings. The minimum absolute atomic E-state index is 0.0665. The molecule has 1 aromatic carbocycles. The SMILES string of the molecule is Nc1n[nH]c2nc(Nc3c(F)ccc4c3OCO4)ccc12. The molecule has 0 unspecified atom stereocenters. The number of fused-ring (bicyclic) bond motifs is 2. The summed E-state index contributed by atoms with van der Waals surface area (Å²) in [5.74, 6) is 1.18. The van der Waals surface area contributed by atoms with Gasteiger partial charge in [0, 0.05) is 0 Å². The lowest BCUT2D eigenvalue weighted by Gasteiger charge is -2.09. The molecule has 4 rings (SSSR count). The Labute approximate surface area is 117 Å². The summed E-state index contributed by atoms with van der Waals surface area (Å²) in [6.07, 6.45) is 0. The summed E-state index contributed by atoms with van der Waals surface area (Å²) in [7, 11) is 0. The molecule has 0 saturated carbocycles. The Balaban J connectivity index is 1.76. The maximum Gasteiger partial charge on any atom is 0.231 e. The van der Waals surface area contributed by atoms with Crippen molar-refractivity contribution >= 4 is 28.4 Å². The topological polar surface area (TPSA) is 98.1 Å². The highest BCUT2D eigenvalue weighted by atomic mass is 19.1. The number of nitrogens with one attached hydrogen (secondary N) is 2. The predicted octanol–water partition coefficient (Wildman–Crippen LogP) is 2.15. The second kappa shape index (κ2) is 4.23. The quantitative estimate of drug-likeness (QED) is 0.668. The predicted molar refractivity (Wildman–Crippen MR) is 74.1 cm³/mol. The Morgan fingerprint density at radius 3 is 3.05 bits per heavy atom. The molecule has 0 amide bonds. The molecule has 4 N–H and O–H groups in total. The van der Waals surface area contributed by atoms with Crippen LogP contribution in [0.2, 0.25) is 0 Å². The van der Waals surface area contributed by atoms with Gasteiger partial charge in [0.1, 0.15) is 11.5 Å². The van der Waals surface area contributed by atoms with Gasteiger partial charge in [0.05, 0.1) is 5.39 Å². The van der Waals surface area contributed by atoms with Crippen molar-refractivity contribution in [3.63, 3.8) is 0 Å². The molecular formula is C13H10FN5O2. The van der Waals surface area contributed by atoms with Gasteiger partial charge in [0.25, 0.3) is 0 Å². The van der Waals surface area contributed by atoms with Crippen molar-refractivity contribution in [1.82, 2.24) is 15.2 Å². The molecule has 1 aliphatic heterocycles. The average Bonchev–Trinajstić information content (AvgIpc) is 3.09. The fourth-order valence-corrected chi connectivity index (χ4v) is 2.19. The molecule has 0 bridgehead atoms. The molecule has 8 heteroatoms. The Kier molecular flexibility index (Phi) is 2.37. The van der Waals surface area contributed by atoms with E-state index in [1.807, 2.05) is 0 Å². The Bertz CT molecular complexity index is 848. The minimum atomic E-state index is -0.453. The number of nitrogen functional groups attached to an aromatic ring is 1. The van der Waals surface area contributed by atoms with E-state index in [0.29, 0.717) is 34.2 Å². The van der Waals surface area contributed by atoms with Crippen LogP contribution in [-0.2, 0) is 0 Å². The summed E-state index contributed by atoms with van der Waals surface area (Å²) in [5, 5.41) is 10.2. The van der Waals surface area contributed by atoms with E-state index >= 15 is 0 Å². The fraction of sp³-hybridized carbons (Fsp3) is 0.0769. The van der Waals surface area contributed by atoms with Gasteiger partial charge in [-0.1, -0.05) is 0 Å². The smallest absolute Gasteiger partial charge is 0.231 e. The van der Waals surface area contributed by atoms with Crippen LogP contribution in [-0.4, -0.2) is 22.0 Å². The van der Waals surface area contributed by atoms with Gasteiger partial charge in [-0.05, 0) is 24.3 Å². The zero-order valence-corrected chi connectivity index (χ0v) is 10.7. The number of anilines is 3. The number of benzene rings is 1. The van der Waals surface area contributed by atoms with Crippen molar-refractivity contribution in [2.75, 3.05) is 17.8 Å². The highest BCUT2D eigenvalue weighted by Crippen LogP contribution is 2.41. The van der Waals surface area contributed by atoms with Gasteiger partial charge in [-0.2, -0.15) is 5.10 Å². The number of ether oxygens (including phenoxy) is 2. The largest absolute Gasteiger partial charge is 0.454 e. The standard InChI is InChI=1S/C13H10FN5O2/c14-7-2-3-8-11(21-5-20-8)10(7)16-9-4-1-6-12(15)18-19-13(6)17-9/h1-4H,5H2,(H4,15,16,17,18,19). The average molecular weight is 287 g/mol. The van der Waals surface area contributed by atoms with Crippen LogP contribution in [0, 0.1) is 5.82 Å². The number of hydrogen-bond donors (Lipinski definition) is 3. The van der Waals surface area contributed by atoms with Crippen molar-refractivity contribution in [3.8, 4) is 11.5 Å². The zero-order chi connectivity index (χ0) is 14.4. The molecule has 106 valence electrons. The summed E-state index contributed by atoms with van der Waals surface area (Å²) in [6, 6.07) is 6.27. The molecule has 0 fully saturated rings. The van der Waals surface area contributed by atoms with Crippen molar-refractivity contribution in [1.29, 1.82) is 0 Å². The first-order valence-corrected chi connectivity index (χ1v) is 6.18. The first kappa shape index (κ1) is 11.8. The number of nitrogens with two attached hydrogens (primary N) is 1. The van der Waals surface area contributed by atoms with Gasteiger partial charge < -0.3 is 20.5 Å². The van der Waals surface area contributed by atoms with Gasteiger partial charge in [-0.25, -0.2) is 9.37 Å². The minimum Gasteiger partial charge on any atom is -0.454 e. The summed E-state index contributed by atoms with van der Waals surface area (Å²) in [6.45, 7) is 0.0665. The highest BCUT2D eigenvalue weighted by Gasteiger charge is 2.21. The molecular weight excluding hydrogens is 277 g/mol. The lowest BCUT2D eigenvalue weighted by molar-refractivity contribution is 0.174. The van der Waals surface area contributed by atoms with Gasteiger partial charge in [-0.3, -0.25) is 5.10 Å². The lowest BCUT2D eigenvalue weighted by atomic mass is 10.2. The number of aromatic nitrogens is 3. The van der Waals surface area contributed by atoms with Gasteiger partial charge in [0.2, 0.25) is 6.79 Å². The number of H-pyrrole nitrogens is 1. The van der Waals surface area contributed by atoms with Crippen molar-refractivity contribution < 1.29 is 13.9 Å². The Morgan fingerprint density at radius 2 is 2.14 bits per heavy atom. The molecule has 0 saturated heterocycles. The van der Waals surface area contributed by atoms with Crippen LogP contribution in [0.4, 0.5) is 21.7 Å². The Morgan fingerprint density at radius 1 is 1.24 bits per heavy atom. The van der Waals surface area contributed by atoms with Crippen LogP contribution < -0.4 is 20.5 Å². The molecule has 0 aliphatic carbocycles. The van der Waals surface area contributed by atoms with E-state index in [1.165, 1.54) is 12.1 Å². The number of pyridine rings is 1. The molecule has 7 nitrogen and oxygen atoms in total. The number of halogens is 1. The van der Waals surface area contributed by atoms with E-state index in [9.17, 15) is 4.39 Å². The first-order chi connectivity index (χ1) is 10.2. The van der Waals surface area contributed by atoms with Crippen LogP contribution in [0.5, 0.6) is 11.5 Å². The van der Waals surface area contributed by atoms with Gasteiger partial charge in [0.15, 0.2) is 28.8 Å². The van der Waals surface area contributed by atoms with Crippen LogP contribution >= 0.6 is 0 Å². The van der Waals surface area contributed by atoms with E-state index < -0.39 is 5.82 Å². The van der Waals surface area contributed by atoms with Crippen LogP contribution in [0.15, 0.2) is 24.3 Å². The molecule has 1 aliphatic rings. The molecule has 0 spiro atoms. The van der Waals surface area contributed by atoms with Gasteiger partial charge >= 0.3 is 0 Å². The zero-order valence-electron chi connectivity index (χ0n) is 10.7. The second-order valence-corrected chi connectivity index (χ2v) is 4.48. The van der Waals surface area contributed by atoms with Crippen molar-refractivity contribution in [2.45, 2.75) is 0 Å². The monoisotopic (exact) mass is 287 g/mol. The maximum atomic E-state index is 14.0. The van der Waals surface area contributed by atoms with E-state index in [4.69, 9.17) is 15.2 Å². The molecule has 3 heterocycles. The third-order valence-corrected chi connectivity index (χ3v) is 3.19. The second-order valence-electron chi connectivity index (χ2n) is 4.48. The molecule has 0 radical (unpaired) electrons. The lowest BCUT2D eigenvalue weighted by Crippen LogP contribution is -1.99. The molecule has 21 heavy (non-hydrogen) atoms. The fourth-order valence-electron chi connectivity index (χ4n) is 2.19. The van der Waals surface area contributed by atoms with Crippen molar-refractivity contribution in [2.24, 2.45) is 0 Å². The third-order valence-electron chi connectivity index (χ3n) is 3.19. The first-order valence-electron chi connectivity index (χ1n) is 6.18. The van der Waals surface area contributed by atoms with Crippen molar-refractivity contribution in [3.05, 3.63) is 30.1 Å². The van der Waals surface area contributed by atoms with E-state index in [-0.39, 0.29) is 12.5 Å². The van der Waals surface area contributed by atoms with Crippen LogP contribution in [0.1, 0.15) is 0 Å². The summed E-state index contributed by atoms with van der Waals surface area (Å²) in [4.78, 5) is 4.29. The normalized spacial score (nSPS) is 12.8. The van der Waals surface area contributed by atoms with E-state index in [1.54, 1.807) is 12.1 Å². The summed E-state index contributed by atoms with van der Waals surface area (Å²) < 4.78 is 24.5. The summed E-state index contributed by atoms with van der Waals surface area (Å²) in [5.41, 5.74) is 6.38. The number of hydrogen-bond acceptors (Lipinski definition) is 6. The molecule has 2 aromatic heterocycles. The van der Waals surface area contributed by atoms with Crippen LogP contribution in [0.25, 0.3) is 11.0 Å². The third kappa shape index (κ3) is 1.80. The number of nitrogens with zero attached hydrogens (tertiary/aromatic N) is 2. The van der Waals surface area contributed by atoms with E-state index in [0.717, 1.165) is 0 Å². The highest BCUT2D eigenvalue weighted by molar-refractivity contribution is 5.87. The van der Waals surface area contributed by atoms with E-state index in [2.05, 4.69) is 20.5 Å². The summed E-state index contributed by atoms with van der Waals surface area (Å²) >= 11 is 0. The number of aromatic amines is 1. The molecule has 0 atom stereocenters. The van der Waals surface area contributed by atoms with Crippen LogP contribution in [0.3, 0.4) is 0 Å². The maximum absolute atomic E-state index is 14.0. The Hall–Kier alpha value is -3.03. The number of rotatable bonds is 2.